The SMILES string of the molecule is O=C(Oc1ccc(-c2cc(-c3ccccc3)c3ccccc3n2)cc1)c1cc(C(=O)Oc2ccc(-c3cc(-c4ccccc4)c4ccccc4n3)cc2)cc(C(=O)Oc2ccc(-c3cc(-c4ccccc4)c4ccccc4n3)cc2)c1. The van der Waals surface area contributed by atoms with Crippen LogP contribution in [0.15, 0.2) is 273 Å². The molecule has 9 heteroatoms. The van der Waals surface area contributed by atoms with Gasteiger partial charge < -0.3 is 14.2 Å². The molecule has 10 aromatic carbocycles. The predicted molar refractivity (Wildman–Crippen MR) is 319 cm³/mol. The quantitative estimate of drug-likeness (QED) is 0.0870. The van der Waals surface area contributed by atoms with Crippen LogP contribution < -0.4 is 14.2 Å². The van der Waals surface area contributed by atoms with Gasteiger partial charge in [-0.05, 0) is 161 Å². The van der Waals surface area contributed by atoms with Crippen molar-refractivity contribution in [2.45, 2.75) is 0 Å². The summed E-state index contributed by atoms with van der Waals surface area (Å²) < 4.78 is 17.8. The number of ether oxygens (including phenoxy) is 3. The molecule has 9 nitrogen and oxygen atoms in total. The second-order valence-electron chi connectivity index (χ2n) is 19.4. The molecule has 13 rings (SSSR count). The van der Waals surface area contributed by atoms with Crippen LogP contribution in [0.25, 0.3) is 99.9 Å². The predicted octanol–water partition coefficient (Wildman–Crippen LogP) is 17.0. The van der Waals surface area contributed by atoms with E-state index in [2.05, 4.69) is 72.8 Å². The van der Waals surface area contributed by atoms with Crippen LogP contribution in [0.1, 0.15) is 31.1 Å². The molecule has 0 fully saturated rings. The van der Waals surface area contributed by atoms with Crippen LogP contribution in [0.3, 0.4) is 0 Å². The van der Waals surface area contributed by atoms with Crippen molar-refractivity contribution < 1.29 is 28.6 Å². The van der Waals surface area contributed by atoms with E-state index in [1.807, 2.05) is 146 Å². The average Bonchev–Trinajstić information content (AvgIpc) is 3.61. The Morgan fingerprint density at radius 1 is 0.247 bits per heavy atom. The Labute approximate surface area is 466 Å². The topological polar surface area (TPSA) is 118 Å². The Hall–Kier alpha value is -11.2. The Balaban J connectivity index is 0.784. The van der Waals surface area contributed by atoms with Gasteiger partial charge in [0, 0.05) is 32.8 Å². The van der Waals surface area contributed by atoms with Crippen LogP contribution in [-0.2, 0) is 0 Å². The second-order valence-corrected chi connectivity index (χ2v) is 19.4. The molecule has 384 valence electrons. The maximum absolute atomic E-state index is 14.2. The zero-order valence-corrected chi connectivity index (χ0v) is 43.3. The smallest absolute Gasteiger partial charge is 0.343 e. The largest absolute Gasteiger partial charge is 0.423 e. The van der Waals surface area contributed by atoms with Gasteiger partial charge in [-0.2, -0.15) is 0 Å². The fourth-order valence-corrected chi connectivity index (χ4v) is 10.1. The lowest BCUT2D eigenvalue weighted by molar-refractivity contribution is 0.0734. The van der Waals surface area contributed by atoms with E-state index in [9.17, 15) is 14.4 Å². The van der Waals surface area contributed by atoms with Crippen LogP contribution in [0.2, 0.25) is 0 Å². The minimum absolute atomic E-state index is 0.0805. The molecule has 0 bridgehead atoms. The fraction of sp³-hybridized carbons (Fsp3) is 0. The lowest BCUT2D eigenvalue weighted by Gasteiger charge is -2.12. The Morgan fingerprint density at radius 3 is 0.765 bits per heavy atom. The Bertz CT molecular complexity index is 4040. The summed E-state index contributed by atoms with van der Waals surface area (Å²) in [6.45, 7) is 0. The number of hydrogen-bond donors (Lipinski definition) is 0. The van der Waals surface area contributed by atoms with Gasteiger partial charge in [0.2, 0.25) is 0 Å². The number of hydrogen-bond acceptors (Lipinski definition) is 9. The summed E-state index contributed by atoms with van der Waals surface area (Å²) in [6.07, 6.45) is 0. The molecule has 0 N–H and O–H groups in total. The average molecular weight is 1050 g/mol. The number of aromatic nitrogens is 3. The van der Waals surface area contributed by atoms with E-state index in [4.69, 9.17) is 29.2 Å². The van der Waals surface area contributed by atoms with E-state index in [0.29, 0.717) is 0 Å². The van der Waals surface area contributed by atoms with Gasteiger partial charge in [0.1, 0.15) is 17.2 Å². The minimum atomic E-state index is -0.814. The summed E-state index contributed by atoms with van der Waals surface area (Å²) in [5, 5.41) is 3.09. The van der Waals surface area contributed by atoms with Crippen molar-refractivity contribution in [3.05, 3.63) is 290 Å². The molecule has 3 aromatic heterocycles. The highest BCUT2D eigenvalue weighted by molar-refractivity contribution is 6.03. The zero-order chi connectivity index (χ0) is 54.7. The molecule has 0 aliphatic carbocycles. The first kappa shape index (κ1) is 49.4. The van der Waals surface area contributed by atoms with Gasteiger partial charge in [-0.15, -0.1) is 0 Å². The Morgan fingerprint density at radius 2 is 0.494 bits per heavy atom. The number of esters is 3. The molecule has 0 aliphatic heterocycles. The van der Waals surface area contributed by atoms with E-state index in [1.54, 1.807) is 36.4 Å². The Kier molecular flexibility index (Phi) is 13.2. The van der Waals surface area contributed by atoms with Crippen molar-refractivity contribution in [3.63, 3.8) is 0 Å². The summed E-state index contributed by atoms with van der Waals surface area (Å²) in [6, 6.07) is 85.7. The molecule has 0 spiro atoms. The van der Waals surface area contributed by atoms with Crippen LogP contribution in [0, 0.1) is 0 Å². The van der Waals surface area contributed by atoms with Gasteiger partial charge in [0.25, 0.3) is 0 Å². The number of fused-ring (bicyclic) bond motifs is 3. The molecular formula is C72H45N3O6. The first-order valence-electron chi connectivity index (χ1n) is 26.3. The molecule has 13 aromatic rings. The molecule has 0 radical (unpaired) electrons. The molecule has 0 amide bonds. The highest BCUT2D eigenvalue weighted by Gasteiger charge is 2.22. The lowest BCUT2D eigenvalue weighted by Crippen LogP contribution is -2.16. The third-order valence-corrected chi connectivity index (χ3v) is 14.1. The molecule has 0 unspecified atom stereocenters. The highest BCUT2D eigenvalue weighted by Crippen LogP contribution is 2.36. The summed E-state index contributed by atoms with van der Waals surface area (Å²) in [5.41, 5.74) is 13.3. The number of rotatable bonds is 12. The van der Waals surface area contributed by atoms with Gasteiger partial charge in [-0.25, -0.2) is 29.3 Å². The molecule has 0 atom stereocenters. The van der Waals surface area contributed by atoms with Crippen molar-refractivity contribution in [1.82, 2.24) is 15.0 Å². The van der Waals surface area contributed by atoms with Gasteiger partial charge >= 0.3 is 17.9 Å². The maximum Gasteiger partial charge on any atom is 0.343 e. The summed E-state index contributed by atoms with van der Waals surface area (Å²) in [4.78, 5) is 57.4. The van der Waals surface area contributed by atoms with Gasteiger partial charge in [0.15, 0.2) is 0 Å². The van der Waals surface area contributed by atoms with Crippen LogP contribution >= 0.6 is 0 Å². The maximum atomic E-state index is 14.2. The van der Waals surface area contributed by atoms with Gasteiger partial charge in [-0.1, -0.05) is 146 Å². The highest BCUT2D eigenvalue weighted by atomic mass is 16.5. The molecule has 0 saturated heterocycles. The number of benzene rings is 10. The third kappa shape index (κ3) is 10.4. The number of carbonyl (C=O) groups excluding carboxylic acids is 3. The van der Waals surface area contributed by atoms with Crippen molar-refractivity contribution in [1.29, 1.82) is 0 Å². The molecule has 3 heterocycles. The molecular weight excluding hydrogens is 1000 g/mol. The van der Waals surface area contributed by atoms with Gasteiger partial charge in [-0.3, -0.25) is 0 Å². The van der Waals surface area contributed by atoms with E-state index in [-0.39, 0.29) is 33.9 Å². The van der Waals surface area contributed by atoms with Crippen molar-refractivity contribution >= 4 is 50.6 Å². The lowest BCUT2D eigenvalue weighted by atomic mass is 9.98. The molecule has 81 heavy (non-hydrogen) atoms. The number of nitrogens with zero attached hydrogens (tertiary/aromatic N) is 3. The van der Waals surface area contributed by atoms with Crippen molar-refractivity contribution in [3.8, 4) is 84.4 Å². The van der Waals surface area contributed by atoms with E-state index in [0.717, 1.165) is 99.9 Å². The number of para-hydroxylation sites is 3. The molecule has 0 saturated carbocycles. The first-order chi connectivity index (χ1) is 39.8. The standard InChI is InChI=1S/C72H45N3O6/c76-70(79-55-34-28-49(29-35-55)67-43-61(46-16-4-1-5-17-46)58-22-10-13-25-64(58)73-67)52-40-53(71(77)80-56-36-30-50(31-37-56)68-44-62(47-18-6-2-7-19-47)59-23-11-14-26-65(59)74-68)42-54(41-52)72(78)81-57-38-32-51(33-39-57)69-45-63(48-20-8-3-9-21-48)60-24-12-15-27-66(60)75-69/h1-45H. The van der Waals surface area contributed by atoms with Gasteiger partial charge in [0.05, 0.1) is 50.3 Å². The third-order valence-electron chi connectivity index (χ3n) is 14.1. The van der Waals surface area contributed by atoms with Crippen LogP contribution in [0.5, 0.6) is 17.2 Å². The molecule has 0 aliphatic rings. The first-order valence-corrected chi connectivity index (χ1v) is 26.3. The number of carbonyl (C=O) groups is 3. The van der Waals surface area contributed by atoms with Crippen molar-refractivity contribution in [2.75, 3.05) is 0 Å². The van der Waals surface area contributed by atoms with E-state index >= 15 is 0 Å². The van der Waals surface area contributed by atoms with Crippen LogP contribution in [0.4, 0.5) is 0 Å². The zero-order valence-electron chi connectivity index (χ0n) is 43.3. The number of pyridine rings is 3. The van der Waals surface area contributed by atoms with Crippen molar-refractivity contribution in [2.24, 2.45) is 0 Å². The second kappa shape index (κ2) is 21.7. The van der Waals surface area contributed by atoms with E-state index < -0.39 is 17.9 Å². The summed E-state index contributed by atoms with van der Waals surface area (Å²) >= 11 is 0. The minimum Gasteiger partial charge on any atom is -0.423 e. The van der Waals surface area contributed by atoms with Crippen LogP contribution in [-0.4, -0.2) is 32.9 Å². The summed E-state index contributed by atoms with van der Waals surface area (Å²) in [7, 11) is 0. The normalized spacial score (nSPS) is 11.1. The monoisotopic (exact) mass is 1050 g/mol. The van der Waals surface area contributed by atoms with E-state index in [1.165, 1.54) is 18.2 Å². The fourth-order valence-electron chi connectivity index (χ4n) is 10.1. The summed E-state index contributed by atoms with van der Waals surface area (Å²) in [5.74, 6) is -1.74.